The van der Waals surface area contributed by atoms with Crippen molar-refractivity contribution in [3.05, 3.63) is 14.0 Å². The molecule has 0 aliphatic carbocycles. The first kappa shape index (κ1) is 32.4. The smallest absolute Gasteiger partial charge is 0.281 e. The van der Waals surface area contributed by atoms with Crippen molar-refractivity contribution in [2.75, 3.05) is 6.73 Å². The first-order valence-electron chi connectivity index (χ1n) is 4.69. The Balaban J connectivity index is -0.0000000726. The van der Waals surface area contributed by atoms with E-state index in [1.165, 1.54) is 12.1 Å². The minimum Gasteiger partial charge on any atom is -0.569 e. The third-order valence-corrected chi connectivity index (χ3v) is 1.06. The number of aliphatic hydroxyl groups excluding tert-OH is 1. The molecule has 0 unspecified atom stereocenters. The fourth-order valence-corrected chi connectivity index (χ4v) is 0.424. The third-order valence-electron chi connectivity index (χ3n) is 1.06. The van der Waals surface area contributed by atoms with Crippen LogP contribution < -0.4 is 11.5 Å². The molecule has 0 spiro atoms. The Morgan fingerprint density at radius 2 is 1.50 bits per heavy atom. The zero-order chi connectivity index (χ0) is 16.6. The molecule has 0 aliphatic rings. The van der Waals surface area contributed by atoms with E-state index in [0.29, 0.717) is 0 Å². The van der Waals surface area contributed by atoms with Gasteiger partial charge in [-0.2, -0.15) is 17.4 Å². The number of aliphatic imine (C=N–C) groups is 1. The van der Waals surface area contributed by atoms with Crippen LogP contribution in [0.3, 0.4) is 0 Å². The summed E-state index contributed by atoms with van der Waals surface area (Å²) >= 11 is 0. The minimum atomic E-state index is -0.929. The van der Waals surface area contributed by atoms with Crippen LogP contribution in [0.25, 0.3) is 0 Å². The Bertz CT molecular complexity index is 411. The van der Waals surface area contributed by atoms with Gasteiger partial charge in [0.25, 0.3) is 11.8 Å². The summed E-state index contributed by atoms with van der Waals surface area (Å²) < 4.78 is 0. The molecular formula is C10H14N6O4W2-2. The fourth-order valence-electron chi connectivity index (χ4n) is 0.424. The van der Waals surface area contributed by atoms with Crippen molar-refractivity contribution in [2.24, 2.45) is 21.6 Å². The Morgan fingerprint density at radius 1 is 1.14 bits per heavy atom. The first-order valence-corrected chi connectivity index (χ1v) is 4.69. The van der Waals surface area contributed by atoms with Gasteiger partial charge in [0.05, 0.1) is 0 Å². The van der Waals surface area contributed by atoms with E-state index >= 15 is 0 Å². The van der Waals surface area contributed by atoms with Crippen LogP contribution in [-0.4, -0.2) is 35.1 Å². The maximum Gasteiger partial charge on any atom is 0.281 e. The van der Waals surface area contributed by atoms with Gasteiger partial charge >= 0.3 is 0 Å². The predicted molar refractivity (Wildman–Crippen MR) is 69.0 cm³/mol. The van der Waals surface area contributed by atoms with E-state index in [4.69, 9.17) is 15.6 Å². The van der Waals surface area contributed by atoms with Crippen molar-refractivity contribution in [1.82, 2.24) is 0 Å². The summed E-state index contributed by atoms with van der Waals surface area (Å²) in [6, 6.07) is 2.83. The van der Waals surface area contributed by atoms with E-state index in [0.717, 1.165) is 0 Å². The van der Waals surface area contributed by atoms with Crippen molar-refractivity contribution in [3.63, 3.8) is 0 Å². The van der Waals surface area contributed by atoms with E-state index < -0.39 is 30.0 Å². The van der Waals surface area contributed by atoms with E-state index in [1.807, 2.05) is 0 Å². The van der Waals surface area contributed by atoms with E-state index in [1.54, 1.807) is 6.92 Å². The number of nitriles is 2. The Morgan fingerprint density at radius 3 is 1.59 bits per heavy atom. The summed E-state index contributed by atoms with van der Waals surface area (Å²) in [5, 5.41) is 27.1. The molecule has 12 heteroatoms. The standard InChI is InChI=1S/C4H4N3O2.C4H5N3O2.C2H5.2W/c1-9-7-3(2-5)4(6)8;5-1-3(4(6)9)7-2-8;1-2;;/h1H2,(H2,6,8);8H,2H2,(H2,6,9);1H2,2H3;;/q-1;;-1;;. The van der Waals surface area contributed by atoms with Crippen LogP contribution in [0.5, 0.6) is 0 Å². The molecule has 0 rings (SSSR count). The van der Waals surface area contributed by atoms with E-state index in [9.17, 15) is 9.59 Å². The molecule has 0 saturated heterocycles. The molecule has 0 aromatic carbocycles. The number of hydrogen-bond acceptors (Lipinski definition) is 8. The topological polar surface area (TPSA) is 188 Å². The average molecular weight is 650 g/mol. The van der Waals surface area contributed by atoms with Crippen molar-refractivity contribution in [1.29, 1.82) is 10.5 Å². The van der Waals surface area contributed by atoms with Gasteiger partial charge in [-0.05, 0) is 0 Å². The molecule has 0 bridgehead atoms. The molecule has 0 fully saturated rings. The summed E-state index contributed by atoms with van der Waals surface area (Å²) in [5.74, 6) is -1.85. The first-order chi connectivity index (χ1) is 9.44. The number of aliphatic hydroxyl groups is 1. The molecule has 122 valence electrons. The van der Waals surface area contributed by atoms with Gasteiger partial charge in [-0.1, -0.05) is 0 Å². The number of nitrogens with zero attached hydrogens (tertiary/aromatic N) is 4. The van der Waals surface area contributed by atoms with Gasteiger partial charge in [0.1, 0.15) is 18.9 Å². The van der Waals surface area contributed by atoms with Crippen LogP contribution in [0.1, 0.15) is 6.92 Å². The summed E-state index contributed by atoms with van der Waals surface area (Å²) in [6.07, 6.45) is 0. The Labute approximate surface area is 156 Å². The van der Waals surface area contributed by atoms with Crippen molar-refractivity contribution in [3.8, 4) is 12.1 Å². The number of rotatable bonds is 4. The number of primary amides is 2. The molecule has 5 N–H and O–H groups in total. The zero-order valence-corrected chi connectivity index (χ0v) is 17.4. The minimum absolute atomic E-state index is 0. The number of nitrogens with two attached hydrogens (primary N) is 2. The van der Waals surface area contributed by atoms with E-state index in [-0.39, 0.29) is 42.1 Å². The van der Waals surface area contributed by atoms with Crippen LogP contribution in [-0.2, 0) is 56.6 Å². The van der Waals surface area contributed by atoms with Crippen molar-refractivity contribution >= 4 is 23.2 Å². The number of carbonyl (C=O) groups excluding carboxylic acids is 2. The quantitative estimate of drug-likeness (QED) is 0.187. The number of hydrogen-bond donors (Lipinski definition) is 3. The molecule has 0 atom stereocenters. The van der Waals surface area contributed by atoms with Crippen LogP contribution in [0.4, 0.5) is 0 Å². The maximum atomic E-state index is 10.1. The number of amides is 2. The molecule has 10 nitrogen and oxygen atoms in total. The van der Waals surface area contributed by atoms with Gasteiger partial charge in [-0.3, -0.25) is 9.59 Å². The van der Waals surface area contributed by atoms with Crippen LogP contribution >= 0.6 is 0 Å². The van der Waals surface area contributed by atoms with Gasteiger partial charge in [-0.25, -0.2) is 4.99 Å². The predicted octanol–water partition coefficient (Wildman–Crippen LogP) is -1.62. The fraction of sp³-hybridized carbons (Fsp3) is 0.200. The van der Waals surface area contributed by atoms with Crippen LogP contribution in [0.15, 0.2) is 10.1 Å². The largest absolute Gasteiger partial charge is 0.569 e. The Hall–Kier alpha value is -1.60. The van der Waals surface area contributed by atoms with E-state index in [2.05, 4.69) is 40.5 Å². The van der Waals surface area contributed by atoms with Crippen LogP contribution in [0, 0.1) is 36.7 Å². The second-order valence-corrected chi connectivity index (χ2v) is 2.17. The zero-order valence-electron chi connectivity index (χ0n) is 11.6. The van der Waals surface area contributed by atoms with Crippen LogP contribution in [0.2, 0.25) is 0 Å². The molecule has 0 saturated carbocycles. The second kappa shape index (κ2) is 24.4. The van der Waals surface area contributed by atoms with Gasteiger partial charge < -0.3 is 28.3 Å². The van der Waals surface area contributed by atoms with Crippen molar-refractivity contribution in [2.45, 2.75) is 6.92 Å². The molecule has 0 aromatic heterocycles. The molecule has 2 amide bonds. The van der Waals surface area contributed by atoms with Gasteiger partial charge in [0.15, 0.2) is 0 Å². The Kier molecular flexibility index (Phi) is 35.9. The molecule has 0 radical (unpaired) electrons. The van der Waals surface area contributed by atoms with Gasteiger partial charge in [0.2, 0.25) is 11.4 Å². The number of oxime groups is 1. The summed E-state index contributed by atoms with van der Waals surface area (Å²) in [6.45, 7) is 4.41. The third kappa shape index (κ3) is 20.7. The number of carbonyl (C=O) groups is 2. The molecule has 0 heterocycles. The average Bonchev–Trinajstić information content (AvgIpc) is 2.44. The molecule has 0 aliphatic heterocycles. The molecular weight excluding hydrogens is 636 g/mol. The monoisotopic (exact) mass is 650 g/mol. The SMILES string of the molecule is N#CC(=NCO)C(N)=O.[CH2-]C.[CH2-]ON=C(C#N)C(N)=O.[W].[W]. The maximum absolute atomic E-state index is 10.1. The summed E-state index contributed by atoms with van der Waals surface area (Å²) in [7, 11) is 2.81. The summed E-state index contributed by atoms with van der Waals surface area (Å²) in [4.78, 5) is 27.1. The molecule has 0 aromatic rings. The van der Waals surface area contributed by atoms with Gasteiger partial charge in [-0.15, -0.1) is 12.3 Å². The van der Waals surface area contributed by atoms with Crippen molar-refractivity contribution < 1.29 is 61.7 Å². The second-order valence-electron chi connectivity index (χ2n) is 2.17. The summed E-state index contributed by atoms with van der Waals surface area (Å²) in [5.41, 5.74) is 8.31. The molecule has 22 heavy (non-hydrogen) atoms. The normalized spacial score (nSPS) is 8.64. The van der Waals surface area contributed by atoms with Gasteiger partial charge in [0, 0.05) is 42.1 Å².